The Kier molecular flexibility index (Phi) is 4.28. The van der Waals surface area contributed by atoms with Gasteiger partial charge in [0, 0.05) is 49.6 Å². The predicted octanol–water partition coefficient (Wildman–Crippen LogP) is 3.59. The molecule has 32 heavy (non-hydrogen) atoms. The van der Waals surface area contributed by atoms with E-state index in [0.29, 0.717) is 0 Å². The van der Waals surface area contributed by atoms with E-state index in [0.717, 1.165) is 65.9 Å². The minimum absolute atomic E-state index is 0.00157. The van der Waals surface area contributed by atoms with E-state index in [1.54, 1.807) is 19.2 Å². The van der Waals surface area contributed by atoms with Gasteiger partial charge in [0.05, 0.1) is 17.5 Å². The summed E-state index contributed by atoms with van der Waals surface area (Å²) in [5.74, 6) is -0.241. The normalized spacial score (nSPS) is 25.3. The zero-order chi connectivity index (χ0) is 22.0. The molecular weight excluding hydrogens is 405 g/mol. The van der Waals surface area contributed by atoms with Gasteiger partial charge < -0.3 is 15.1 Å². The molecule has 6 rings (SSSR count). The summed E-state index contributed by atoms with van der Waals surface area (Å²) in [6.45, 7) is 0.745. The first-order chi connectivity index (χ1) is 15.5. The fourth-order valence-electron chi connectivity index (χ4n) is 5.83. The SMILES string of the molecule is CNC(=O)N1C2C=C(C3=C4NN=C5C=Cc6cc(F)cc(c65)C4=CN(C)C3)CC1CCC2. The quantitative estimate of drug-likeness (QED) is 0.715. The molecule has 0 aromatic heterocycles. The number of likely N-dealkylation sites (N-methyl/N-ethyl adjacent to an activating group) is 1. The summed E-state index contributed by atoms with van der Waals surface area (Å²) < 4.78 is 14.5. The number of urea groups is 1. The number of hydrazone groups is 1. The van der Waals surface area contributed by atoms with Crippen LogP contribution in [0.2, 0.25) is 0 Å². The van der Waals surface area contributed by atoms with E-state index >= 15 is 0 Å². The minimum Gasteiger partial charge on any atom is -0.375 e. The van der Waals surface area contributed by atoms with Gasteiger partial charge in [-0.3, -0.25) is 5.43 Å². The summed E-state index contributed by atoms with van der Waals surface area (Å²) >= 11 is 0. The Bertz CT molecular complexity index is 1190. The van der Waals surface area contributed by atoms with Crippen LogP contribution in [0, 0.1) is 5.82 Å². The van der Waals surface area contributed by atoms with Crippen LogP contribution in [0.3, 0.4) is 0 Å². The van der Waals surface area contributed by atoms with Gasteiger partial charge in [-0.1, -0.05) is 12.2 Å². The number of hydrogen-bond acceptors (Lipinski definition) is 4. The van der Waals surface area contributed by atoms with Crippen molar-refractivity contribution < 1.29 is 9.18 Å². The van der Waals surface area contributed by atoms with E-state index < -0.39 is 0 Å². The summed E-state index contributed by atoms with van der Waals surface area (Å²) in [6.07, 6.45) is 12.2. The minimum atomic E-state index is -0.241. The van der Waals surface area contributed by atoms with Crippen molar-refractivity contribution in [2.75, 3.05) is 20.6 Å². The summed E-state index contributed by atoms with van der Waals surface area (Å²) in [5, 5.41) is 7.49. The van der Waals surface area contributed by atoms with E-state index in [9.17, 15) is 9.18 Å². The molecule has 2 amide bonds. The molecule has 0 radical (unpaired) electrons. The van der Waals surface area contributed by atoms with Gasteiger partial charge in [0.15, 0.2) is 0 Å². The van der Waals surface area contributed by atoms with Crippen molar-refractivity contribution in [2.45, 2.75) is 37.8 Å². The fraction of sp³-hybridized carbons (Fsp3) is 0.360. The summed E-state index contributed by atoms with van der Waals surface area (Å²) in [5.41, 5.74) is 11.2. The zero-order valence-corrected chi connectivity index (χ0v) is 18.3. The third kappa shape index (κ3) is 2.83. The number of carbonyl (C=O) groups is 1. The van der Waals surface area contributed by atoms with Crippen LogP contribution in [-0.2, 0) is 0 Å². The Morgan fingerprint density at radius 1 is 1.28 bits per heavy atom. The van der Waals surface area contributed by atoms with Crippen LogP contribution in [0.4, 0.5) is 9.18 Å². The average Bonchev–Trinajstić information content (AvgIpc) is 3.11. The molecule has 2 N–H and O–H groups in total. The first-order valence-electron chi connectivity index (χ1n) is 11.3. The van der Waals surface area contributed by atoms with E-state index in [-0.39, 0.29) is 23.9 Å². The van der Waals surface area contributed by atoms with Crippen molar-refractivity contribution in [3.05, 3.63) is 69.8 Å². The fourth-order valence-corrected chi connectivity index (χ4v) is 5.83. The largest absolute Gasteiger partial charge is 0.375 e. The Balaban J connectivity index is 1.49. The van der Waals surface area contributed by atoms with Gasteiger partial charge in [0.25, 0.3) is 0 Å². The third-order valence-corrected chi connectivity index (χ3v) is 7.19. The molecule has 1 saturated heterocycles. The number of allylic oxidation sites excluding steroid dienone is 2. The van der Waals surface area contributed by atoms with E-state index in [2.05, 4.69) is 40.1 Å². The molecule has 4 aliphatic heterocycles. The molecule has 0 saturated carbocycles. The van der Waals surface area contributed by atoms with Crippen LogP contribution < -0.4 is 10.7 Å². The molecule has 2 unspecified atom stereocenters. The lowest BCUT2D eigenvalue weighted by molar-refractivity contribution is 0.119. The smallest absolute Gasteiger partial charge is 0.317 e. The van der Waals surface area contributed by atoms with Crippen LogP contribution >= 0.6 is 0 Å². The molecular formula is C25H26FN5O. The Hall–Kier alpha value is -3.35. The highest BCUT2D eigenvalue weighted by Gasteiger charge is 2.39. The van der Waals surface area contributed by atoms with Gasteiger partial charge in [0.1, 0.15) is 5.82 Å². The van der Waals surface area contributed by atoms with Gasteiger partial charge in [-0.05, 0) is 60.6 Å². The molecule has 7 heteroatoms. The van der Waals surface area contributed by atoms with Gasteiger partial charge in [-0.2, -0.15) is 5.10 Å². The lowest BCUT2D eigenvalue weighted by Crippen LogP contribution is -2.54. The standard InChI is InChI=1S/C25H26FN5O/c1-27-25(32)31-17-4-3-5-18(31)10-15(9-17)20-12-30(2)13-21-19-11-16(26)8-14-6-7-22(23(14)19)28-29-24(20)21/h6-9,11,13,17-18,29H,3-5,10,12H2,1-2H3,(H,27,32). The van der Waals surface area contributed by atoms with Crippen LogP contribution in [0.25, 0.3) is 11.6 Å². The lowest BCUT2D eigenvalue weighted by atomic mass is 9.80. The van der Waals surface area contributed by atoms with Gasteiger partial charge in [-0.15, -0.1) is 0 Å². The molecule has 5 aliphatic rings. The molecule has 4 heterocycles. The Labute approximate surface area is 186 Å². The molecule has 1 fully saturated rings. The van der Waals surface area contributed by atoms with Crippen molar-refractivity contribution in [2.24, 2.45) is 5.10 Å². The predicted molar refractivity (Wildman–Crippen MR) is 123 cm³/mol. The molecule has 0 spiro atoms. The Morgan fingerprint density at radius 2 is 2.16 bits per heavy atom. The third-order valence-electron chi connectivity index (χ3n) is 7.19. The summed E-state index contributed by atoms with van der Waals surface area (Å²) in [7, 11) is 3.75. The lowest BCUT2D eigenvalue weighted by Gasteiger charge is -2.45. The first kappa shape index (κ1) is 19.3. The second-order valence-electron chi connectivity index (χ2n) is 9.18. The number of halogens is 1. The van der Waals surface area contributed by atoms with Crippen LogP contribution in [-0.4, -0.2) is 54.3 Å². The van der Waals surface area contributed by atoms with E-state index in [4.69, 9.17) is 0 Å². The molecule has 1 aromatic carbocycles. The van der Waals surface area contributed by atoms with Crippen molar-refractivity contribution in [3.8, 4) is 0 Å². The number of rotatable bonds is 1. The number of piperidine rings is 1. The van der Waals surface area contributed by atoms with Gasteiger partial charge in [0.2, 0.25) is 0 Å². The number of nitrogens with one attached hydrogen (secondary N) is 2. The van der Waals surface area contributed by atoms with Crippen LogP contribution in [0.1, 0.15) is 42.4 Å². The monoisotopic (exact) mass is 431 g/mol. The number of amides is 2. The highest BCUT2D eigenvalue weighted by molar-refractivity contribution is 6.20. The molecule has 1 aliphatic carbocycles. The van der Waals surface area contributed by atoms with Crippen molar-refractivity contribution >= 4 is 23.4 Å². The first-order valence-corrected chi connectivity index (χ1v) is 11.3. The molecule has 2 bridgehead atoms. The maximum atomic E-state index is 14.5. The topological polar surface area (TPSA) is 60.0 Å². The van der Waals surface area contributed by atoms with Crippen molar-refractivity contribution in [1.82, 2.24) is 20.5 Å². The van der Waals surface area contributed by atoms with Crippen LogP contribution in [0.15, 0.2) is 52.4 Å². The van der Waals surface area contributed by atoms with Gasteiger partial charge >= 0.3 is 6.03 Å². The maximum Gasteiger partial charge on any atom is 0.317 e. The van der Waals surface area contributed by atoms with Crippen LogP contribution in [0.5, 0.6) is 0 Å². The number of carbonyl (C=O) groups excluding carboxylic acids is 1. The number of hydrogen-bond donors (Lipinski definition) is 2. The van der Waals surface area contributed by atoms with Crippen molar-refractivity contribution in [3.63, 3.8) is 0 Å². The van der Waals surface area contributed by atoms with Gasteiger partial charge in [-0.25, -0.2) is 9.18 Å². The summed E-state index contributed by atoms with van der Waals surface area (Å²) in [4.78, 5) is 16.7. The maximum absolute atomic E-state index is 14.5. The number of benzene rings is 1. The number of nitrogens with zero attached hydrogens (tertiary/aromatic N) is 3. The highest BCUT2D eigenvalue weighted by Crippen LogP contribution is 2.42. The summed E-state index contributed by atoms with van der Waals surface area (Å²) in [6, 6.07) is 3.49. The Morgan fingerprint density at radius 3 is 2.97 bits per heavy atom. The van der Waals surface area contributed by atoms with Crippen molar-refractivity contribution in [1.29, 1.82) is 0 Å². The second-order valence-corrected chi connectivity index (χ2v) is 9.18. The molecule has 1 aromatic rings. The highest BCUT2D eigenvalue weighted by atomic mass is 19.1. The molecule has 164 valence electrons. The average molecular weight is 432 g/mol. The van der Waals surface area contributed by atoms with E-state index in [1.807, 2.05) is 17.1 Å². The molecule has 6 nitrogen and oxygen atoms in total. The number of fused-ring (bicyclic) bond motifs is 4. The second kappa shape index (κ2) is 7.08. The zero-order valence-electron chi connectivity index (χ0n) is 18.3. The molecule has 2 atom stereocenters. The van der Waals surface area contributed by atoms with E-state index in [1.165, 1.54) is 11.1 Å².